The molecule has 1 amide bonds. The molecule has 9 heteroatoms. The zero-order valence-electron chi connectivity index (χ0n) is 20.7. The lowest BCUT2D eigenvalue weighted by Crippen LogP contribution is -2.29. The highest BCUT2D eigenvalue weighted by Gasteiger charge is 2.48. The Balaban J connectivity index is 1.82. The molecule has 1 aliphatic rings. The van der Waals surface area contributed by atoms with Gasteiger partial charge in [-0.15, -0.1) is 11.3 Å². The predicted molar refractivity (Wildman–Crippen MR) is 137 cm³/mol. The lowest BCUT2D eigenvalue weighted by atomic mass is 9.97. The highest BCUT2D eigenvalue weighted by molar-refractivity contribution is 7.10. The first-order chi connectivity index (χ1) is 17.4. The van der Waals surface area contributed by atoms with Crippen LogP contribution >= 0.6 is 11.3 Å². The number of halogens is 3. The Kier molecular flexibility index (Phi) is 7.19. The number of nitrogens with zero attached hydrogens (tertiary/aromatic N) is 1. The Labute approximate surface area is 216 Å². The Bertz CT molecular complexity index is 1370. The van der Waals surface area contributed by atoms with Crippen LogP contribution < -0.4 is 9.64 Å². The van der Waals surface area contributed by atoms with Crippen LogP contribution in [0.3, 0.4) is 0 Å². The van der Waals surface area contributed by atoms with Crippen molar-refractivity contribution in [2.45, 2.75) is 39.9 Å². The normalized spacial score (nSPS) is 17.6. The molecular formula is C28H26F3NO4S. The predicted octanol–water partition coefficient (Wildman–Crippen LogP) is 7.04. The van der Waals surface area contributed by atoms with Crippen molar-refractivity contribution in [2.75, 3.05) is 11.5 Å². The molecule has 0 radical (unpaired) electrons. The summed E-state index contributed by atoms with van der Waals surface area (Å²) in [5, 5.41) is 13.1. The molecule has 1 aromatic heterocycles. The molecule has 0 saturated carbocycles. The molecule has 1 unspecified atom stereocenters. The number of ether oxygens (including phenoxy) is 1. The smallest absolute Gasteiger partial charge is 0.416 e. The molecule has 0 spiro atoms. The first-order valence-corrected chi connectivity index (χ1v) is 12.5. The number of aliphatic hydroxyl groups is 1. The van der Waals surface area contributed by atoms with Crippen molar-refractivity contribution in [3.8, 4) is 5.75 Å². The summed E-state index contributed by atoms with van der Waals surface area (Å²) in [6, 6.07) is 9.87. The summed E-state index contributed by atoms with van der Waals surface area (Å²) in [7, 11) is 0. The average molecular weight is 530 g/mol. The van der Waals surface area contributed by atoms with E-state index in [-0.39, 0.29) is 17.0 Å². The fourth-order valence-corrected chi connectivity index (χ4v) is 5.22. The zero-order valence-corrected chi connectivity index (χ0v) is 21.5. The van der Waals surface area contributed by atoms with E-state index in [4.69, 9.17) is 4.74 Å². The van der Waals surface area contributed by atoms with Gasteiger partial charge in [0.25, 0.3) is 11.7 Å². The third-order valence-electron chi connectivity index (χ3n) is 6.09. The van der Waals surface area contributed by atoms with Crippen LogP contribution in [-0.2, 0) is 15.8 Å². The van der Waals surface area contributed by atoms with Crippen LogP contribution in [0.1, 0.15) is 47.0 Å². The summed E-state index contributed by atoms with van der Waals surface area (Å²) in [6.07, 6.45) is -4.54. The molecule has 0 aliphatic carbocycles. The number of aliphatic hydroxyl groups excluding tert-OH is 1. The van der Waals surface area contributed by atoms with E-state index in [0.717, 1.165) is 40.3 Å². The highest BCUT2D eigenvalue weighted by Crippen LogP contribution is 2.45. The Hall–Kier alpha value is -3.59. The lowest BCUT2D eigenvalue weighted by Gasteiger charge is -2.25. The summed E-state index contributed by atoms with van der Waals surface area (Å²) >= 11 is 1.30. The summed E-state index contributed by atoms with van der Waals surface area (Å²) in [6.45, 7) is 8.19. The first kappa shape index (κ1) is 26.5. The van der Waals surface area contributed by atoms with Gasteiger partial charge in [-0.25, -0.2) is 0 Å². The molecule has 2 heterocycles. The van der Waals surface area contributed by atoms with Crippen LogP contribution in [-0.4, -0.2) is 23.4 Å². The van der Waals surface area contributed by atoms with E-state index in [1.807, 2.05) is 33.8 Å². The number of aryl methyl sites for hydroxylation is 2. The number of ketones is 1. The molecular weight excluding hydrogens is 503 g/mol. The number of benzene rings is 2. The van der Waals surface area contributed by atoms with Gasteiger partial charge in [0.2, 0.25) is 0 Å². The Morgan fingerprint density at radius 3 is 2.27 bits per heavy atom. The molecule has 1 saturated heterocycles. The van der Waals surface area contributed by atoms with Gasteiger partial charge in [-0.05, 0) is 84.8 Å². The monoisotopic (exact) mass is 529 g/mol. The maximum absolute atomic E-state index is 13.3. The standard InChI is InChI=1S/C28H26F3NO4S/c1-15(2)14-36-21-10-5-18(13-17(21)4)24(33)22-23(26-16(3)11-12-37-26)32(27(35)25(22)34)20-8-6-19(7-9-20)28(29,30)31/h5-13,15,23,33H,14H2,1-4H3/b24-22-. The van der Waals surface area contributed by atoms with Crippen LogP contribution in [0.5, 0.6) is 5.75 Å². The number of anilines is 1. The van der Waals surface area contributed by atoms with Crippen molar-refractivity contribution in [1.29, 1.82) is 0 Å². The maximum atomic E-state index is 13.3. The van der Waals surface area contributed by atoms with Crippen LogP contribution in [0.25, 0.3) is 5.76 Å². The molecule has 194 valence electrons. The Morgan fingerprint density at radius 2 is 1.73 bits per heavy atom. The summed E-state index contributed by atoms with van der Waals surface area (Å²) in [4.78, 5) is 28.3. The summed E-state index contributed by atoms with van der Waals surface area (Å²) in [5.41, 5.74) is 0.996. The maximum Gasteiger partial charge on any atom is 0.416 e. The third-order valence-corrected chi connectivity index (χ3v) is 7.16. The van der Waals surface area contributed by atoms with Crippen LogP contribution in [0, 0.1) is 19.8 Å². The average Bonchev–Trinajstić information content (AvgIpc) is 3.37. The van der Waals surface area contributed by atoms with Gasteiger partial charge < -0.3 is 9.84 Å². The second-order valence-corrected chi connectivity index (χ2v) is 10.3. The van der Waals surface area contributed by atoms with Crippen molar-refractivity contribution in [2.24, 2.45) is 5.92 Å². The third kappa shape index (κ3) is 5.13. The fraction of sp³-hybridized carbons (Fsp3) is 0.286. The molecule has 2 aromatic carbocycles. The molecule has 3 aromatic rings. The van der Waals surface area contributed by atoms with E-state index in [0.29, 0.717) is 28.7 Å². The second-order valence-electron chi connectivity index (χ2n) is 9.37. The number of hydrogen-bond acceptors (Lipinski definition) is 5. The summed E-state index contributed by atoms with van der Waals surface area (Å²) < 4.78 is 45.1. The number of hydrogen-bond donors (Lipinski definition) is 1. The van der Waals surface area contributed by atoms with E-state index < -0.39 is 29.5 Å². The minimum absolute atomic E-state index is 0.120. The number of alkyl halides is 3. The van der Waals surface area contributed by atoms with Gasteiger partial charge in [0.1, 0.15) is 17.6 Å². The van der Waals surface area contributed by atoms with Crippen LogP contribution in [0.15, 0.2) is 59.5 Å². The van der Waals surface area contributed by atoms with Gasteiger partial charge in [-0.1, -0.05) is 13.8 Å². The van der Waals surface area contributed by atoms with E-state index in [1.165, 1.54) is 11.3 Å². The molecule has 1 aliphatic heterocycles. The number of thiophene rings is 1. The van der Waals surface area contributed by atoms with E-state index in [2.05, 4.69) is 0 Å². The van der Waals surface area contributed by atoms with Crippen molar-refractivity contribution in [3.63, 3.8) is 0 Å². The van der Waals surface area contributed by atoms with Gasteiger partial charge in [0.15, 0.2) is 0 Å². The van der Waals surface area contributed by atoms with Crippen molar-refractivity contribution in [3.05, 3.63) is 86.6 Å². The van der Waals surface area contributed by atoms with E-state index in [1.54, 1.807) is 23.6 Å². The van der Waals surface area contributed by atoms with Crippen molar-refractivity contribution < 1.29 is 32.6 Å². The van der Waals surface area contributed by atoms with Crippen LogP contribution in [0.2, 0.25) is 0 Å². The van der Waals surface area contributed by atoms with Gasteiger partial charge in [-0.2, -0.15) is 13.2 Å². The van der Waals surface area contributed by atoms with E-state index in [9.17, 15) is 27.9 Å². The van der Waals surface area contributed by atoms with Gasteiger partial charge >= 0.3 is 6.18 Å². The van der Waals surface area contributed by atoms with Gasteiger partial charge in [-0.3, -0.25) is 14.5 Å². The lowest BCUT2D eigenvalue weighted by molar-refractivity contribution is -0.137. The number of carbonyl (C=O) groups is 2. The van der Waals surface area contributed by atoms with Gasteiger partial charge in [0, 0.05) is 16.1 Å². The zero-order chi connectivity index (χ0) is 27.1. The van der Waals surface area contributed by atoms with E-state index >= 15 is 0 Å². The molecule has 1 fully saturated rings. The van der Waals surface area contributed by atoms with Crippen LogP contribution in [0.4, 0.5) is 18.9 Å². The first-order valence-electron chi connectivity index (χ1n) is 11.7. The fourth-order valence-electron chi connectivity index (χ4n) is 4.19. The number of carbonyl (C=O) groups excluding carboxylic acids is 2. The highest BCUT2D eigenvalue weighted by atomic mass is 32.1. The number of rotatable bonds is 6. The Morgan fingerprint density at radius 1 is 1.05 bits per heavy atom. The molecule has 5 nitrogen and oxygen atoms in total. The molecule has 0 bridgehead atoms. The topological polar surface area (TPSA) is 66.8 Å². The number of Topliss-reactive ketones (excluding diaryl/α,β-unsaturated/α-hetero) is 1. The minimum atomic E-state index is -4.54. The largest absolute Gasteiger partial charge is 0.507 e. The molecule has 37 heavy (non-hydrogen) atoms. The summed E-state index contributed by atoms with van der Waals surface area (Å²) in [5.74, 6) is -1.23. The number of amides is 1. The van der Waals surface area contributed by atoms with Crippen molar-refractivity contribution >= 4 is 34.5 Å². The molecule has 1 N–H and O–H groups in total. The van der Waals surface area contributed by atoms with Crippen molar-refractivity contribution in [1.82, 2.24) is 0 Å². The second kappa shape index (κ2) is 10.0. The minimum Gasteiger partial charge on any atom is -0.507 e. The quantitative estimate of drug-likeness (QED) is 0.211. The molecule has 4 rings (SSSR count). The van der Waals surface area contributed by atoms with Gasteiger partial charge in [0.05, 0.1) is 17.7 Å². The SMILES string of the molecule is Cc1cc(/C(O)=C2/C(=O)C(=O)N(c3ccc(C(F)(F)F)cc3)C2c2sccc2C)ccc1OCC(C)C. The molecule has 1 atom stereocenters.